The number of benzene rings is 2. The standard InChI is InChI=1S/C19H13Cl2N3O4/c20-12-5-6-16-14(7-12)18(26)11(10-28-16)8-23-24-17(25)9-22-19(27)13-3-1-2-4-15(13)21/h1-8,10H,9H2,(H,22,27)(H,24,25)/b23-8-. The van der Waals surface area contributed by atoms with E-state index in [9.17, 15) is 14.4 Å². The largest absolute Gasteiger partial charge is 0.463 e. The molecule has 0 spiro atoms. The summed E-state index contributed by atoms with van der Waals surface area (Å²) < 4.78 is 5.34. The lowest BCUT2D eigenvalue weighted by Gasteiger charge is -2.05. The molecule has 0 aliphatic heterocycles. The molecule has 2 N–H and O–H groups in total. The molecule has 0 radical (unpaired) electrons. The van der Waals surface area contributed by atoms with Crippen LogP contribution in [0, 0.1) is 0 Å². The van der Waals surface area contributed by atoms with Gasteiger partial charge in [0.1, 0.15) is 11.8 Å². The minimum atomic E-state index is -0.579. The summed E-state index contributed by atoms with van der Waals surface area (Å²) >= 11 is 11.8. The van der Waals surface area contributed by atoms with Gasteiger partial charge in [-0.25, -0.2) is 5.43 Å². The Balaban J connectivity index is 1.60. The maximum atomic E-state index is 12.4. The van der Waals surface area contributed by atoms with Gasteiger partial charge in [-0.2, -0.15) is 5.10 Å². The highest BCUT2D eigenvalue weighted by atomic mass is 35.5. The van der Waals surface area contributed by atoms with E-state index in [1.807, 2.05) is 0 Å². The van der Waals surface area contributed by atoms with E-state index in [-0.39, 0.29) is 28.1 Å². The number of halogens is 2. The Morgan fingerprint density at radius 3 is 2.71 bits per heavy atom. The second-order valence-corrected chi connectivity index (χ2v) is 6.46. The van der Waals surface area contributed by atoms with Crippen LogP contribution in [-0.2, 0) is 4.79 Å². The summed E-state index contributed by atoms with van der Waals surface area (Å²) in [6.07, 6.45) is 2.38. The summed E-state index contributed by atoms with van der Waals surface area (Å²) in [5.74, 6) is -1.07. The van der Waals surface area contributed by atoms with Crippen LogP contribution >= 0.6 is 23.2 Å². The summed E-state index contributed by atoms with van der Waals surface area (Å²) in [5, 5.41) is 7.11. The molecule has 28 heavy (non-hydrogen) atoms. The van der Waals surface area contributed by atoms with E-state index in [4.69, 9.17) is 27.6 Å². The topological polar surface area (TPSA) is 101 Å². The zero-order valence-corrected chi connectivity index (χ0v) is 15.8. The molecular weight excluding hydrogens is 405 g/mol. The van der Waals surface area contributed by atoms with E-state index in [1.54, 1.807) is 36.4 Å². The van der Waals surface area contributed by atoms with Gasteiger partial charge in [0.15, 0.2) is 0 Å². The highest BCUT2D eigenvalue weighted by Crippen LogP contribution is 2.16. The van der Waals surface area contributed by atoms with Gasteiger partial charge in [0, 0.05) is 5.02 Å². The number of hydrogen-bond donors (Lipinski definition) is 2. The van der Waals surface area contributed by atoms with Crippen molar-refractivity contribution in [2.75, 3.05) is 6.54 Å². The van der Waals surface area contributed by atoms with Crippen LogP contribution in [0.15, 0.2) is 63.0 Å². The first-order valence-corrected chi connectivity index (χ1v) is 8.77. The predicted molar refractivity (Wildman–Crippen MR) is 107 cm³/mol. The lowest BCUT2D eigenvalue weighted by atomic mass is 10.2. The van der Waals surface area contributed by atoms with Crippen LogP contribution in [0.5, 0.6) is 0 Å². The number of fused-ring (bicyclic) bond motifs is 1. The summed E-state index contributed by atoms with van der Waals surface area (Å²) in [7, 11) is 0. The van der Waals surface area contributed by atoms with Gasteiger partial charge in [-0.1, -0.05) is 35.3 Å². The first kappa shape index (κ1) is 19.6. The number of hydrogen-bond acceptors (Lipinski definition) is 5. The number of carbonyl (C=O) groups is 2. The Kier molecular flexibility index (Phi) is 6.08. The van der Waals surface area contributed by atoms with Crippen LogP contribution in [0.1, 0.15) is 15.9 Å². The van der Waals surface area contributed by atoms with Crippen LogP contribution in [-0.4, -0.2) is 24.6 Å². The van der Waals surface area contributed by atoms with Crippen LogP contribution in [0.4, 0.5) is 0 Å². The van der Waals surface area contributed by atoms with Crippen molar-refractivity contribution in [3.63, 3.8) is 0 Å². The van der Waals surface area contributed by atoms with Crippen molar-refractivity contribution in [2.45, 2.75) is 0 Å². The number of rotatable bonds is 5. The number of amides is 2. The van der Waals surface area contributed by atoms with Crippen molar-refractivity contribution < 1.29 is 14.0 Å². The van der Waals surface area contributed by atoms with E-state index in [2.05, 4.69) is 15.8 Å². The van der Waals surface area contributed by atoms with Gasteiger partial charge in [-0.15, -0.1) is 0 Å². The molecule has 2 aromatic carbocycles. The predicted octanol–water partition coefficient (Wildman–Crippen LogP) is 2.98. The molecular formula is C19H13Cl2N3O4. The van der Waals surface area contributed by atoms with Crippen LogP contribution in [0.25, 0.3) is 11.0 Å². The Morgan fingerprint density at radius 2 is 1.93 bits per heavy atom. The van der Waals surface area contributed by atoms with Crippen molar-refractivity contribution in [1.29, 1.82) is 0 Å². The van der Waals surface area contributed by atoms with Crippen LogP contribution in [0.3, 0.4) is 0 Å². The number of nitrogens with zero attached hydrogens (tertiary/aromatic N) is 1. The van der Waals surface area contributed by atoms with E-state index in [0.717, 1.165) is 6.21 Å². The normalized spacial score (nSPS) is 10.9. The fraction of sp³-hybridized carbons (Fsp3) is 0.0526. The second-order valence-electron chi connectivity index (χ2n) is 5.62. The van der Waals surface area contributed by atoms with Crippen molar-refractivity contribution in [2.24, 2.45) is 5.10 Å². The first-order chi connectivity index (χ1) is 13.5. The average molecular weight is 418 g/mol. The lowest BCUT2D eigenvalue weighted by molar-refractivity contribution is -0.120. The Bertz CT molecular complexity index is 1140. The molecule has 0 atom stereocenters. The molecule has 3 rings (SSSR count). The minimum Gasteiger partial charge on any atom is -0.463 e. The van der Waals surface area contributed by atoms with E-state index >= 15 is 0 Å². The molecule has 2 amide bonds. The molecule has 1 aromatic heterocycles. The van der Waals surface area contributed by atoms with Crippen LogP contribution in [0.2, 0.25) is 10.0 Å². The van der Waals surface area contributed by atoms with Crippen molar-refractivity contribution >= 4 is 52.2 Å². The van der Waals surface area contributed by atoms with Gasteiger partial charge < -0.3 is 9.73 Å². The van der Waals surface area contributed by atoms with Gasteiger partial charge in [0.25, 0.3) is 11.8 Å². The van der Waals surface area contributed by atoms with E-state index in [0.29, 0.717) is 16.0 Å². The molecule has 7 nitrogen and oxygen atoms in total. The fourth-order valence-corrected chi connectivity index (χ4v) is 2.72. The highest BCUT2D eigenvalue weighted by molar-refractivity contribution is 6.33. The third-order valence-electron chi connectivity index (χ3n) is 3.68. The lowest BCUT2D eigenvalue weighted by Crippen LogP contribution is -2.35. The molecule has 9 heteroatoms. The zero-order valence-electron chi connectivity index (χ0n) is 14.2. The maximum absolute atomic E-state index is 12.4. The van der Waals surface area contributed by atoms with Gasteiger partial charge in [0.2, 0.25) is 5.43 Å². The molecule has 142 valence electrons. The molecule has 0 fully saturated rings. The zero-order chi connectivity index (χ0) is 20.1. The van der Waals surface area contributed by atoms with Gasteiger partial charge in [-0.05, 0) is 30.3 Å². The highest BCUT2D eigenvalue weighted by Gasteiger charge is 2.11. The molecule has 0 bridgehead atoms. The fourth-order valence-electron chi connectivity index (χ4n) is 2.32. The van der Waals surface area contributed by atoms with Crippen molar-refractivity contribution in [3.8, 4) is 0 Å². The van der Waals surface area contributed by atoms with Crippen molar-refractivity contribution in [3.05, 3.63) is 80.1 Å². The number of carbonyl (C=O) groups excluding carboxylic acids is 2. The molecule has 0 aliphatic rings. The van der Waals surface area contributed by atoms with E-state index < -0.39 is 11.8 Å². The minimum absolute atomic E-state index is 0.134. The third kappa shape index (κ3) is 4.57. The second kappa shape index (κ2) is 8.69. The van der Waals surface area contributed by atoms with Crippen molar-refractivity contribution in [1.82, 2.24) is 10.7 Å². The molecule has 1 heterocycles. The Labute approximate surface area is 168 Å². The average Bonchev–Trinajstić information content (AvgIpc) is 2.68. The maximum Gasteiger partial charge on any atom is 0.259 e. The van der Waals surface area contributed by atoms with Crippen LogP contribution < -0.4 is 16.2 Å². The Morgan fingerprint density at radius 1 is 1.14 bits per heavy atom. The number of hydrazone groups is 1. The number of nitrogens with one attached hydrogen (secondary N) is 2. The Hall–Kier alpha value is -3.16. The summed E-state index contributed by atoms with van der Waals surface area (Å²) in [4.78, 5) is 36.2. The molecule has 0 saturated heterocycles. The SMILES string of the molecule is O=C(CNC(=O)c1ccccc1Cl)N/N=C\c1coc2ccc(Cl)cc2c1=O. The quantitative estimate of drug-likeness (QED) is 0.492. The molecule has 0 saturated carbocycles. The monoisotopic (exact) mass is 417 g/mol. The smallest absolute Gasteiger partial charge is 0.259 e. The third-order valence-corrected chi connectivity index (χ3v) is 4.25. The summed E-state index contributed by atoms with van der Waals surface area (Å²) in [5.41, 5.74) is 2.65. The molecule has 3 aromatic rings. The summed E-state index contributed by atoms with van der Waals surface area (Å²) in [6.45, 7) is -0.316. The summed E-state index contributed by atoms with van der Waals surface area (Å²) in [6, 6.07) is 11.2. The molecule has 0 unspecified atom stereocenters. The first-order valence-electron chi connectivity index (χ1n) is 8.01. The van der Waals surface area contributed by atoms with Gasteiger partial charge in [0.05, 0.1) is 34.3 Å². The van der Waals surface area contributed by atoms with E-state index in [1.165, 1.54) is 12.3 Å². The van der Waals surface area contributed by atoms with Gasteiger partial charge >= 0.3 is 0 Å². The molecule has 0 aliphatic carbocycles. The van der Waals surface area contributed by atoms with Gasteiger partial charge in [-0.3, -0.25) is 14.4 Å².